The first kappa shape index (κ1) is 17.5. The molecule has 0 aliphatic heterocycles. The minimum absolute atomic E-state index is 0.181. The summed E-state index contributed by atoms with van der Waals surface area (Å²) in [5.41, 5.74) is -0.300. The maximum Gasteiger partial charge on any atom is 0.340 e. The summed E-state index contributed by atoms with van der Waals surface area (Å²) in [6.07, 6.45) is 3.10. The Kier molecular flexibility index (Phi) is 7.83. The van der Waals surface area contributed by atoms with Gasteiger partial charge in [-0.1, -0.05) is 50.4 Å². The smallest absolute Gasteiger partial charge is 0.340 e. The van der Waals surface area contributed by atoms with E-state index in [9.17, 15) is 9.59 Å². The van der Waals surface area contributed by atoms with Crippen molar-refractivity contribution in [2.24, 2.45) is 0 Å². The van der Waals surface area contributed by atoms with Crippen LogP contribution < -0.4 is 0 Å². The van der Waals surface area contributed by atoms with Gasteiger partial charge in [0, 0.05) is 0 Å². The van der Waals surface area contributed by atoms with Gasteiger partial charge in [0.1, 0.15) is 0 Å². The Morgan fingerprint density at radius 3 is 2.29 bits per heavy atom. The summed E-state index contributed by atoms with van der Waals surface area (Å²) in [5.74, 6) is -1.12. The van der Waals surface area contributed by atoms with E-state index in [1.165, 1.54) is 6.07 Å². The van der Waals surface area contributed by atoms with E-state index < -0.39 is 17.5 Å². The van der Waals surface area contributed by atoms with Crippen molar-refractivity contribution in [2.45, 2.75) is 45.1 Å². The van der Waals surface area contributed by atoms with Crippen molar-refractivity contribution in [2.75, 3.05) is 6.61 Å². The van der Waals surface area contributed by atoms with Crippen LogP contribution in [-0.4, -0.2) is 24.1 Å². The van der Waals surface area contributed by atoms with Gasteiger partial charge in [0.2, 0.25) is 0 Å². The molecule has 1 unspecified atom stereocenters. The summed E-state index contributed by atoms with van der Waals surface area (Å²) in [7, 11) is 0. The molecule has 0 saturated heterocycles. The van der Waals surface area contributed by atoms with Crippen molar-refractivity contribution in [1.29, 1.82) is 0 Å². The van der Waals surface area contributed by atoms with Gasteiger partial charge in [-0.05, 0) is 25.0 Å². The number of alkyl halides is 1. The van der Waals surface area contributed by atoms with E-state index in [0.717, 1.165) is 19.3 Å². The van der Waals surface area contributed by atoms with E-state index in [4.69, 9.17) is 21.1 Å². The van der Waals surface area contributed by atoms with Crippen LogP contribution in [0.2, 0.25) is 0 Å². The highest BCUT2D eigenvalue weighted by molar-refractivity contribution is 6.20. The molecule has 0 radical (unpaired) electrons. The first-order valence-electron chi connectivity index (χ1n) is 7.21. The molecule has 1 aromatic rings. The van der Waals surface area contributed by atoms with Crippen molar-refractivity contribution >= 4 is 23.5 Å². The predicted molar refractivity (Wildman–Crippen MR) is 81.6 cm³/mol. The Balaban J connectivity index is 2.78. The molecule has 0 aromatic heterocycles. The topological polar surface area (TPSA) is 52.6 Å². The van der Waals surface area contributed by atoms with E-state index in [1.807, 2.05) is 13.8 Å². The van der Waals surface area contributed by atoms with Gasteiger partial charge in [-0.3, -0.25) is 0 Å². The van der Waals surface area contributed by atoms with Gasteiger partial charge in [-0.25, -0.2) is 9.59 Å². The first-order valence-corrected chi connectivity index (χ1v) is 7.65. The standard InChI is InChI=1S/C16H21ClO4/c1-3-5-11-20-15(18)12-9-6-7-10-13(12)16(19)21-14(17)8-4-2/h6-7,9-10,14H,3-5,8,11H2,1-2H3. The molecular weight excluding hydrogens is 292 g/mol. The third-order valence-corrected chi connectivity index (χ3v) is 3.16. The average molecular weight is 313 g/mol. The fourth-order valence-corrected chi connectivity index (χ4v) is 1.99. The van der Waals surface area contributed by atoms with Gasteiger partial charge in [0.05, 0.1) is 17.7 Å². The Morgan fingerprint density at radius 1 is 1.10 bits per heavy atom. The van der Waals surface area contributed by atoms with Crippen molar-refractivity contribution < 1.29 is 19.1 Å². The summed E-state index contributed by atoms with van der Waals surface area (Å²) in [6, 6.07) is 6.43. The van der Waals surface area contributed by atoms with Crippen LogP contribution in [0.1, 0.15) is 60.2 Å². The van der Waals surface area contributed by atoms with Crippen LogP contribution in [0.25, 0.3) is 0 Å². The molecule has 4 nitrogen and oxygen atoms in total. The highest BCUT2D eigenvalue weighted by Gasteiger charge is 2.20. The second-order valence-electron chi connectivity index (χ2n) is 4.64. The lowest BCUT2D eigenvalue weighted by Crippen LogP contribution is -2.17. The molecule has 0 aliphatic rings. The number of hydrogen-bond acceptors (Lipinski definition) is 4. The average Bonchev–Trinajstić information content (AvgIpc) is 2.47. The van der Waals surface area contributed by atoms with E-state index in [1.54, 1.807) is 18.2 Å². The van der Waals surface area contributed by atoms with Crippen LogP contribution >= 0.6 is 11.6 Å². The lowest BCUT2D eigenvalue weighted by Gasteiger charge is -2.12. The number of unbranched alkanes of at least 4 members (excludes halogenated alkanes) is 1. The molecule has 0 N–H and O–H groups in total. The molecule has 1 rings (SSSR count). The fourth-order valence-electron chi connectivity index (χ4n) is 1.69. The minimum Gasteiger partial charge on any atom is -0.462 e. The molecule has 0 saturated carbocycles. The van der Waals surface area contributed by atoms with Gasteiger partial charge in [-0.15, -0.1) is 0 Å². The number of rotatable bonds is 8. The molecule has 116 valence electrons. The molecule has 0 bridgehead atoms. The molecule has 1 atom stereocenters. The molecule has 0 fully saturated rings. The van der Waals surface area contributed by atoms with Crippen molar-refractivity contribution in [3.63, 3.8) is 0 Å². The van der Waals surface area contributed by atoms with Crippen LogP contribution in [0.5, 0.6) is 0 Å². The van der Waals surface area contributed by atoms with Gasteiger partial charge < -0.3 is 9.47 Å². The maximum atomic E-state index is 12.1. The molecule has 1 aromatic carbocycles. The molecule has 0 amide bonds. The number of hydrogen-bond donors (Lipinski definition) is 0. The second-order valence-corrected chi connectivity index (χ2v) is 5.13. The highest BCUT2D eigenvalue weighted by atomic mass is 35.5. The molecule has 0 aliphatic carbocycles. The number of carbonyl (C=O) groups is 2. The van der Waals surface area contributed by atoms with Gasteiger partial charge in [-0.2, -0.15) is 0 Å². The number of carbonyl (C=O) groups excluding carboxylic acids is 2. The molecule has 0 heterocycles. The number of ether oxygens (including phenoxy) is 2. The summed E-state index contributed by atoms with van der Waals surface area (Å²) < 4.78 is 10.2. The highest BCUT2D eigenvalue weighted by Crippen LogP contribution is 2.16. The molecule has 5 heteroatoms. The molecular formula is C16H21ClO4. The Morgan fingerprint density at radius 2 is 1.71 bits per heavy atom. The number of esters is 2. The van der Waals surface area contributed by atoms with E-state index in [0.29, 0.717) is 13.0 Å². The van der Waals surface area contributed by atoms with Crippen molar-refractivity contribution in [3.05, 3.63) is 35.4 Å². The zero-order valence-electron chi connectivity index (χ0n) is 12.4. The Labute approximate surface area is 130 Å². The molecule has 21 heavy (non-hydrogen) atoms. The quantitative estimate of drug-likeness (QED) is 0.411. The van der Waals surface area contributed by atoms with Gasteiger partial charge >= 0.3 is 11.9 Å². The van der Waals surface area contributed by atoms with Crippen molar-refractivity contribution in [3.8, 4) is 0 Å². The monoisotopic (exact) mass is 312 g/mol. The van der Waals surface area contributed by atoms with Crippen LogP contribution in [-0.2, 0) is 9.47 Å². The Bertz CT molecular complexity index is 473. The minimum atomic E-state index is -0.688. The van der Waals surface area contributed by atoms with E-state index in [-0.39, 0.29) is 11.1 Å². The third-order valence-electron chi connectivity index (χ3n) is 2.85. The number of benzene rings is 1. The summed E-state index contributed by atoms with van der Waals surface area (Å²) in [4.78, 5) is 24.1. The van der Waals surface area contributed by atoms with Crippen molar-refractivity contribution in [1.82, 2.24) is 0 Å². The lowest BCUT2D eigenvalue weighted by atomic mass is 10.1. The SMILES string of the molecule is CCCCOC(=O)c1ccccc1C(=O)OC(Cl)CCC. The largest absolute Gasteiger partial charge is 0.462 e. The zero-order valence-corrected chi connectivity index (χ0v) is 13.2. The third kappa shape index (κ3) is 5.76. The van der Waals surface area contributed by atoms with Gasteiger partial charge in [0.25, 0.3) is 0 Å². The summed E-state index contributed by atoms with van der Waals surface area (Å²) in [6.45, 7) is 4.29. The van der Waals surface area contributed by atoms with Crippen LogP contribution in [0.3, 0.4) is 0 Å². The van der Waals surface area contributed by atoms with Crippen LogP contribution in [0.4, 0.5) is 0 Å². The van der Waals surface area contributed by atoms with Gasteiger partial charge in [0.15, 0.2) is 5.56 Å². The second kappa shape index (κ2) is 9.40. The van der Waals surface area contributed by atoms with E-state index >= 15 is 0 Å². The zero-order chi connectivity index (χ0) is 15.7. The fraction of sp³-hybridized carbons (Fsp3) is 0.500. The normalized spacial score (nSPS) is 11.8. The summed E-state index contributed by atoms with van der Waals surface area (Å²) >= 11 is 5.90. The van der Waals surface area contributed by atoms with Crippen LogP contribution in [0, 0.1) is 0 Å². The summed E-state index contributed by atoms with van der Waals surface area (Å²) in [5, 5.41) is 0. The predicted octanol–water partition coefficient (Wildman–Crippen LogP) is 4.17. The first-order chi connectivity index (χ1) is 10.1. The Hall–Kier alpha value is -1.55. The van der Waals surface area contributed by atoms with Crippen LogP contribution in [0.15, 0.2) is 24.3 Å². The molecule has 0 spiro atoms. The number of halogens is 1. The van der Waals surface area contributed by atoms with E-state index in [2.05, 4.69) is 0 Å². The lowest BCUT2D eigenvalue weighted by molar-refractivity contribution is 0.0410. The maximum absolute atomic E-state index is 12.1.